The van der Waals surface area contributed by atoms with Crippen molar-refractivity contribution < 1.29 is 14.5 Å². The second-order valence-corrected chi connectivity index (χ2v) is 6.30. The molecule has 1 N–H and O–H groups in total. The molecule has 0 bridgehead atoms. The van der Waals surface area contributed by atoms with E-state index < -0.39 is 11.0 Å². The van der Waals surface area contributed by atoms with E-state index in [0.717, 1.165) is 11.1 Å². The van der Waals surface area contributed by atoms with Gasteiger partial charge in [-0.15, -0.1) is 11.3 Å². The number of nitrogens with zero attached hydrogens (tertiary/aromatic N) is 2. The van der Waals surface area contributed by atoms with Crippen LogP contribution in [0.25, 0.3) is 12.2 Å². The summed E-state index contributed by atoms with van der Waals surface area (Å²) >= 11 is 1.28. The average Bonchev–Trinajstić information content (AvgIpc) is 3.13. The number of nitro benzene ring substituents is 1. The maximum absolute atomic E-state index is 11.8. The van der Waals surface area contributed by atoms with Crippen molar-refractivity contribution in [1.82, 2.24) is 4.98 Å². The van der Waals surface area contributed by atoms with E-state index in [1.807, 2.05) is 30.3 Å². The average molecular weight is 381 g/mol. The molecule has 1 aromatic heterocycles. The van der Waals surface area contributed by atoms with Crippen LogP contribution in [0.15, 0.2) is 60.0 Å². The van der Waals surface area contributed by atoms with Gasteiger partial charge in [0.05, 0.1) is 10.6 Å². The number of benzene rings is 2. The van der Waals surface area contributed by atoms with E-state index in [4.69, 9.17) is 4.74 Å². The van der Waals surface area contributed by atoms with Gasteiger partial charge in [-0.3, -0.25) is 15.4 Å². The van der Waals surface area contributed by atoms with Crippen LogP contribution in [0.3, 0.4) is 0 Å². The van der Waals surface area contributed by atoms with Crippen molar-refractivity contribution in [2.24, 2.45) is 0 Å². The first-order valence-electron chi connectivity index (χ1n) is 7.96. The van der Waals surface area contributed by atoms with Crippen LogP contribution in [0.2, 0.25) is 0 Å². The number of hydrogen-bond acceptors (Lipinski definition) is 6. The number of amides is 1. The Morgan fingerprint density at radius 3 is 2.59 bits per heavy atom. The Kier molecular flexibility index (Phi) is 5.91. The number of ether oxygens (including phenoxy) is 1. The first kappa shape index (κ1) is 18.3. The highest BCUT2D eigenvalue weighted by Crippen LogP contribution is 2.19. The van der Waals surface area contributed by atoms with Gasteiger partial charge < -0.3 is 4.74 Å². The summed E-state index contributed by atoms with van der Waals surface area (Å²) in [5, 5.41) is 15.4. The molecule has 0 fully saturated rings. The zero-order valence-corrected chi connectivity index (χ0v) is 14.9. The lowest BCUT2D eigenvalue weighted by atomic mass is 10.2. The molecular formula is C19H15N3O4S. The van der Waals surface area contributed by atoms with Gasteiger partial charge in [-0.2, -0.15) is 0 Å². The summed E-state index contributed by atoms with van der Waals surface area (Å²) in [5.74, 6) is 0. The molecule has 1 amide bonds. The van der Waals surface area contributed by atoms with Crippen LogP contribution < -0.4 is 5.32 Å². The van der Waals surface area contributed by atoms with Crippen molar-refractivity contribution in [3.05, 3.63) is 86.9 Å². The Bertz CT molecular complexity index is 953. The Balaban J connectivity index is 1.53. The largest absolute Gasteiger partial charge is 0.444 e. The highest BCUT2D eigenvalue weighted by Gasteiger charge is 2.07. The van der Waals surface area contributed by atoms with E-state index in [9.17, 15) is 14.9 Å². The Hall–Kier alpha value is -3.52. The first-order valence-corrected chi connectivity index (χ1v) is 8.84. The molecule has 1 heterocycles. The van der Waals surface area contributed by atoms with Crippen molar-refractivity contribution in [1.29, 1.82) is 0 Å². The first-order chi connectivity index (χ1) is 13.1. The third-order valence-corrected chi connectivity index (χ3v) is 4.27. The number of rotatable bonds is 6. The van der Waals surface area contributed by atoms with E-state index in [2.05, 4.69) is 10.3 Å². The summed E-state index contributed by atoms with van der Waals surface area (Å²) in [6.45, 7) is 0.185. The molecule has 3 aromatic rings. The normalized spacial score (nSPS) is 10.7. The molecule has 0 aliphatic rings. The van der Waals surface area contributed by atoms with Gasteiger partial charge >= 0.3 is 6.09 Å². The molecule has 0 aliphatic heterocycles. The number of carbonyl (C=O) groups is 1. The van der Waals surface area contributed by atoms with Crippen molar-refractivity contribution in [3.8, 4) is 0 Å². The fourth-order valence-corrected chi connectivity index (χ4v) is 2.82. The quantitative estimate of drug-likeness (QED) is 0.480. The van der Waals surface area contributed by atoms with Crippen LogP contribution >= 0.6 is 11.3 Å². The number of thiazole rings is 1. The van der Waals surface area contributed by atoms with Crippen LogP contribution in [-0.4, -0.2) is 16.0 Å². The Morgan fingerprint density at radius 1 is 1.15 bits per heavy atom. The van der Waals surface area contributed by atoms with E-state index in [1.165, 1.54) is 23.5 Å². The minimum atomic E-state index is -0.570. The number of non-ortho nitro benzene ring substituents is 1. The van der Waals surface area contributed by atoms with Crippen LogP contribution in [0.4, 0.5) is 15.6 Å². The topological polar surface area (TPSA) is 94.4 Å². The number of anilines is 1. The summed E-state index contributed by atoms with van der Waals surface area (Å²) < 4.78 is 5.14. The van der Waals surface area contributed by atoms with E-state index in [-0.39, 0.29) is 12.3 Å². The summed E-state index contributed by atoms with van der Waals surface area (Å²) in [7, 11) is 0. The van der Waals surface area contributed by atoms with Gasteiger partial charge in [-0.05, 0) is 29.3 Å². The molecule has 136 valence electrons. The second-order valence-electron chi connectivity index (χ2n) is 5.45. The molecule has 0 unspecified atom stereocenters. The molecule has 2 aromatic carbocycles. The molecule has 0 saturated heterocycles. The van der Waals surface area contributed by atoms with Gasteiger partial charge in [0, 0.05) is 17.5 Å². The predicted octanol–water partition coefficient (Wildman–Crippen LogP) is 4.97. The van der Waals surface area contributed by atoms with Crippen LogP contribution in [0.5, 0.6) is 0 Å². The lowest BCUT2D eigenvalue weighted by Crippen LogP contribution is -2.13. The fourth-order valence-electron chi connectivity index (χ4n) is 2.16. The zero-order chi connectivity index (χ0) is 19.1. The smallest absolute Gasteiger partial charge is 0.413 e. The number of nitro groups is 1. The van der Waals surface area contributed by atoms with Crippen LogP contribution in [0.1, 0.15) is 16.8 Å². The van der Waals surface area contributed by atoms with Crippen molar-refractivity contribution in [2.75, 3.05) is 5.32 Å². The van der Waals surface area contributed by atoms with Gasteiger partial charge in [0.15, 0.2) is 5.13 Å². The van der Waals surface area contributed by atoms with Gasteiger partial charge in [0.1, 0.15) is 6.61 Å². The molecular weight excluding hydrogens is 366 g/mol. The monoisotopic (exact) mass is 381 g/mol. The van der Waals surface area contributed by atoms with Gasteiger partial charge in [-0.1, -0.05) is 36.4 Å². The summed E-state index contributed by atoms with van der Waals surface area (Å²) in [5.41, 5.74) is 2.42. The maximum atomic E-state index is 11.8. The molecule has 0 aliphatic carbocycles. The molecule has 8 heteroatoms. The molecule has 3 rings (SSSR count). The van der Waals surface area contributed by atoms with Crippen LogP contribution in [-0.2, 0) is 11.3 Å². The highest BCUT2D eigenvalue weighted by molar-refractivity contribution is 7.14. The molecule has 0 radical (unpaired) electrons. The second kappa shape index (κ2) is 8.72. The fraction of sp³-hybridized carbons (Fsp3) is 0.0526. The van der Waals surface area contributed by atoms with Crippen molar-refractivity contribution in [2.45, 2.75) is 6.61 Å². The Morgan fingerprint density at radius 2 is 1.89 bits per heavy atom. The van der Waals surface area contributed by atoms with Gasteiger partial charge in [-0.25, -0.2) is 9.78 Å². The van der Waals surface area contributed by atoms with E-state index in [0.29, 0.717) is 10.8 Å². The highest BCUT2D eigenvalue weighted by atomic mass is 32.1. The third-order valence-electron chi connectivity index (χ3n) is 3.49. The van der Waals surface area contributed by atoms with E-state index >= 15 is 0 Å². The molecule has 27 heavy (non-hydrogen) atoms. The molecule has 0 spiro atoms. The maximum Gasteiger partial charge on any atom is 0.413 e. The zero-order valence-electron chi connectivity index (χ0n) is 14.1. The number of nitrogens with one attached hydrogen (secondary N) is 1. The van der Waals surface area contributed by atoms with E-state index in [1.54, 1.807) is 29.7 Å². The number of aromatic nitrogens is 1. The SMILES string of the molecule is O=C(Nc1nc(C=Cc2ccc([N+](=O)[O-])cc2)cs1)OCc1ccccc1. The molecule has 0 atom stereocenters. The number of hydrogen-bond donors (Lipinski definition) is 1. The number of carbonyl (C=O) groups excluding carboxylic acids is 1. The predicted molar refractivity (Wildman–Crippen MR) is 104 cm³/mol. The lowest BCUT2D eigenvalue weighted by Gasteiger charge is -2.04. The summed E-state index contributed by atoms with van der Waals surface area (Å²) in [4.78, 5) is 26.3. The minimum Gasteiger partial charge on any atom is -0.444 e. The van der Waals surface area contributed by atoms with Gasteiger partial charge in [0.2, 0.25) is 0 Å². The standard InChI is InChI=1S/C19H15N3O4S/c23-19(26-12-15-4-2-1-3-5-15)21-18-20-16(13-27-18)9-6-14-7-10-17(11-8-14)22(24)25/h1-11,13H,12H2,(H,20,21,23). The lowest BCUT2D eigenvalue weighted by molar-refractivity contribution is -0.384. The summed E-state index contributed by atoms with van der Waals surface area (Å²) in [6, 6.07) is 15.6. The van der Waals surface area contributed by atoms with Crippen LogP contribution in [0, 0.1) is 10.1 Å². The third kappa shape index (κ3) is 5.48. The van der Waals surface area contributed by atoms with Gasteiger partial charge in [0.25, 0.3) is 5.69 Å². The van der Waals surface area contributed by atoms with Crippen molar-refractivity contribution >= 4 is 40.4 Å². The molecule has 7 nitrogen and oxygen atoms in total. The Labute approximate surface area is 159 Å². The van der Waals surface area contributed by atoms with Crippen molar-refractivity contribution in [3.63, 3.8) is 0 Å². The molecule has 0 saturated carbocycles. The minimum absolute atomic E-state index is 0.0429. The summed E-state index contributed by atoms with van der Waals surface area (Å²) in [6.07, 6.45) is 2.98.